The van der Waals surface area contributed by atoms with Crippen LogP contribution >= 0.6 is 11.8 Å². The molecule has 2 aromatic rings. The molecular weight excluding hydrogens is 301 g/mol. The number of carbonyl (C=O) groups excluding carboxylic acids is 2. The SMILES string of the molecule is CC(=O)Nc1ccc(S[C@@H](C)C(=O)c2ccc(F)cc2)cc1. The van der Waals surface area contributed by atoms with Gasteiger partial charge in [0.2, 0.25) is 5.91 Å². The van der Waals surface area contributed by atoms with E-state index in [0.29, 0.717) is 5.56 Å². The van der Waals surface area contributed by atoms with Crippen molar-refractivity contribution in [2.75, 3.05) is 5.32 Å². The van der Waals surface area contributed by atoms with Crippen molar-refractivity contribution in [2.24, 2.45) is 0 Å². The van der Waals surface area contributed by atoms with Crippen LogP contribution in [0.5, 0.6) is 0 Å². The summed E-state index contributed by atoms with van der Waals surface area (Å²) in [7, 11) is 0. The van der Waals surface area contributed by atoms with Gasteiger partial charge in [-0.1, -0.05) is 0 Å². The van der Waals surface area contributed by atoms with Gasteiger partial charge in [-0.15, -0.1) is 11.8 Å². The predicted molar refractivity (Wildman–Crippen MR) is 86.8 cm³/mol. The van der Waals surface area contributed by atoms with Gasteiger partial charge in [-0.25, -0.2) is 4.39 Å². The van der Waals surface area contributed by atoms with Gasteiger partial charge in [-0.3, -0.25) is 9.59 Å². The Hall–Kier alpha value is -2.14. The number of hydrogen-bond acceptors (Lipinski definition) is 3. The Kier molecular flexibility index (Phi) is 5.33. The maximum absolute atomic E-state index is 12.9. The summed E-state index contributed by atoms with van der Waals surface area (Å²) in [6.45, 7) is 3.27. The fourth-order valence-corrected chi connectivity index (χ4v) is 2.87. The lowest BCUT2D eigenvalue weighted by Crippen LogP contribution is -2.13. The lowest BCUT2D eigenvalue weighted by molar-refractivity contribution is -0.114. The van der Waals surface area contributed by atoms with E-state index in [2.05, 4.69) is 5.32 Å². The largest absolute Gasteiger partial charge is 0.326 e. The van der Waals surface area contributed by atoms with Crippen molar-refractivity contribution >= 4 is 29.1 Å². The summed E-state index contributed by atoms with van der Waals surface area (Å²) in [6.07, 6.45) is 0. The number of rotatable bonds is 5. The van der Waals surface area contributed by atoms with Gasteiger partial charge < -0.3 is 5.32 Å². The molecule has 0 radical (unpaired) electrons. The smallest absolute Gasteiger partial charge is 0.221 e. The van der Waals surface area contributed by atoms with E-state index in [1.165, 1.54) is 43.0 Å². The van der Waals surface area contributed by atoms with E-state index >= 15 is 0 Å². The van der Waals surface area contributed by atoms with Gasteiger partial charge in [-0.2, -0.15) is 0 Å². The second-order valence-corrected chi connectivity index (χ2v) is 6.25. The summed E-state index contributed by atoms with van der Waals surface area (Å²) >= 11 is 1.42. The monoisotopic (exact) mass is 317 g/mol. The van der Waals surface area contributed by atoms with E-state index in [-0.39, 0.29) is 22.8 Å². The maximum atomic E-state index is 12.9. The predicted octanol–water partition coefficient (Wildman–Crippen LogP) is 4.15. The number of ketones is 1. The van der Waals surface area contributed by atoms with Crippen molar-refractivity contribution in [1.82, 2.24) is 0 Å². The van der Waals surface area contributed by atoms with Crippen LogP contribution in [0.15, 0.2) is 53.4 Å². The number of benzene rings is 2. The molecule has 1 N–H and O–H groups in total. The van der Waals surface area contributed by atoms with Crippen LogP contribution in [0.2, 0.25) is 0 Å². The second kappa shape index (κ2) is 7.22. The summed E-state index contributed by atoms with van der Waals surface area (Å²) in [5.74, 6) is -0.526. The zero-order chi connectivity index (χ0) is 16.1. The molecule has 0 saturated heterocycles. The third-order valence-corrected chi connectivity index (χ3v) is 4.10. The first-order valence-electron chi connectivity index (χ1n) is 6.80. The molecule has 1 amide bonds. The normalized spacial score (nSPS) is 11.8. The molecule has 0 aromatic heterocycles. The number of carbonyl (C=O) groups is 2. The van der Waals surface area contributed by atoms with Crippen molar-refractivity contribution < 1.29 is 14.0 Å². The quantitative estimate of drug-likeness (QED) is 0.665. The van der Waals surface area contributed by atoms with E-state index in [1.54, 1.807) is 12.1 Å². The number of thioether (sulfide) groups is 1. The maximum Gasteiger partial charge on any atom is 0.221 e. The summed E-state index contributed by atoms with van der Waals surface area (Å²) in [5, 5.41) is 2.41. The molecule has 3 nitrogen and oxygen atoms in total. The van der Waals surface area contributed by atoms with E-state index < -0.39 is 0 Å². The summed E-state index contributed by atoms with van der Waals surface area (Å²) in [4.78, 5) is 24.2. The minimum absolute atomic E-state index is 0.0454. The van der Waals surface area contributed by atoms with Crippen molar-refractivity contribution in [3.63, 3.8) is 0 Å². The minimum atomic E-state index is -0.356. The first-order valence-corrected chi connectivity index (χ1v) is 7.68. The molecule has 2 aromatic carbocycles. The standard InChI is InChI=1S/C17H16FNO2S/c1-11(17(21)13-3-5-14(18)6-4-13)22-16-9-7-15(8-10-16)19-12(2)20/h3-11H,1-2H3,(H,19,20)/t11-/m0/s1. The van der Waals surface area contributed by atoms with Crippen LogP contribution < -0.4 is 5.32 Å². The number of hydrogen-bond donors (Lipinski definition) is 1. The summed E-state index contributed by atoms with van der Waals surface area (Å²) < 4.78 is 12.9. The van der Waals surface area contributed by atoms with Crippen LogP contribution in [0, 0.1) is 5.82 Å². The molecule has 1 atom stereocenters. The zero-order valence-corrected chi connectivity index (χ0v) is 13.1. The molecule has 0 spiro atoms. The van der Waals surface area contributed by atoms with E-state index in [1.807, 2.05) is 19.1 Å². The number of anilines is 1. The van der Waals surface area contributed by atoms with E-state index in [9.17, 15) is 14.0 Å². The molecule has 22 heavy (non-hydrogen) atoms. The lowest BCUT2D eigenvalue weighted by atomic mass is 10.1. The minimum Gasteiger partial charge on any atom is -0.326 e. The Labute approximate surface area is 132 Å². The number of halogens is 1. The zero-order valence-electron chi connectivity index (χ0n) is 12.3. The molecule has 0 aliphatic carbocycles. The second-order valence-electron chi connectivity index (χ2n) is 4.84. The lowest BCUT2D eigenvalue weighted by Gasteiger charge is -2.11. The molecule has 114 valence electrons. The van der Waals surface area contributed by atoms with Crippen molar-refractivity contribution in [3.8, 4) is 0 Å². The molecule has 0 bridgehead atoms. The van der Waals surface area contributed by atoms with Crippen LogP contribution in [0.25, 0.3) is 0 Å². The molecule has 0 aliphatic heterocycles. The van der Waals surface area contributed by atoms with Gasteiger partial charge in [0, 0.05) is 23.1 Å². The molecule has 0 fully saturated rings. The molecule has 2 rings (SSSR count). The third-order valence-electron chi connectivity index (χ3n) is 2.99. The van der Waals surface area contributed by atoms with Gasteiger partial charge >= 0.3 is 0 Å². The molecule has 0 aliphatic rings. The molecular formula is C17H16FNO2S. The van der Waals surface area contributed by atoms with Gasteiger partial charge in [0.15, 0.2) is 5.78 Å². The molecule has 0 unspecified atom stereocenters. The van der Waals surface area contributed by atoms with Crippen LogP contribution in [0.4, 0.5) is 10.1 Å². The highest BCUT2D eigenvalue weighted by Gasteiger charge is 2.16. The van der Waals surface area contributed by atoms with Crippen LogP contribution in [-0.4, -0.2) is 16.9 Å². The first-order chi connectivity index (χ1) is 10.5. The van der Waals surface area contributed by atoms with Crippen LogP contribution in [0.1, 0.15) is 24.2 Å². The highest BCUT2D eigenvalue weighted by Crippen LogP contribution is 2.27. The van der Waals surface area contributed by atoms with Gasteiger partial charge in [-0.05, 0) is 55.5 Å². The average Bonchev–Trinajstić information content (AvgIpc) is 2.49. The topological polar surface area (TPSA) is 46.2 Å². The fraction of sp³-hybridized carbons (Fsp3) is 0.176. The Morgan fingerprint density at radius 1 is 1.05 bits per heavy atom. The highest BCUT2D eigenvalue weighted by atomic mass is 32.2. The number of nitrogens with one attached hydrogen (secondary N) is 1. The number of amides is 1. The Balaban J connectivity index is 2.01. The van der Waals surface area contributed by atoms with Gasteiger partial charge in [0.1, 0.15) is 5.82 Å². The van der Waals surface area contributed by atoms with Crippen molar-refractivity contribution in [1.29, 1.82) is 0 Å². The van der Waals surface area contributed by atoms with Gasteiger partial charge in [0.25, 0.3) is 0 Å². The number of Topliss-reactive ketones (excluding diaryl/α,β-unsaturated/α-hetero) is 1. The molecule has 5 heteroatoms. The highest BCUT2D eigenvalue weighted by molar-refractivity contribution is 8.00. The van der Waals surface area contributed by atoms with Crippen LogP contribution in [-0.2, 0) is 4.79 Å². The van der Waals surface area contributed by atoms with E-state index in [0.717, 1.165) is 10.6 Å². The van der Waals surface area contributed by atoms with Crippen LogP contribution in [0.3, 0.4) is 0 Å². The summed E-state index contributed by atoms with van der Waals surface area (Å²) in [6, 6.07) is 12.8. The molecule has 0 heterocycles. The van der Waals surface area contributed by atoms with Crippen molar-refractivity contribution in [3.05, 3.63) is 59.9 Å². The first kappa shape index (κ1) is 16.2. The average molecular weight is 317 g/mol. The molecule has 0 saturated carbocycles. The Morgan fingerprint density at radius 2 is 1.64 bits per heavy atom. The van der Waals surface area contributed by atoms with Gasteiger partial charge in [0.05, 0.1) is 5.25 Å². The Morgan fingerprint density at radius 3 is 2.18 bits per heavy atom. The summed E-state index contributed by atoms with van der Waals surface area (Å²) in [5.41, 5.74) is 1.21. The van der Waals surface area contributed by atoms with Crippen molar-refractivity contribution in [2.45, 2.75) is 24.0 Å². The fourth-order valence-electron chi connectivity index (χ4n) is 1.93. The van der Waals surface area contributed by atoms with E-state index in [4.69, 9.17) is 0 Å². The third kappa shape index (κ3) is 4.43. The Bertz CT molecular complexity index is 668.